The Balaban J connectivity index is 4.80. The molecule has 0 aromatic rings. The molecule has 0 heterocycles. The van der Waals surface area contributed by atoms with E-state index in [0.29, 0.717) is 19.0 Å². The Bertz CT molecular complexity index is 320. The standard InChI is InChI=1S/C15H30N2O3/c1-7-11(8-2)10-17(9-3)14(20)16-12(13(18)19)15(4,5)6/h11-12H,7-10H2,1-6H3,(H,16,20)(H,18,19). The zero-order valence-electron chi connectivity index (χ0n) is 13.7. The summed E-state index contributed by atoms with van der Waals surface area (Å²) in [5.41, 5.74) is -0.518. The van der Waals surface area contributed by atoms with Crippen LogP contribution in [-0.2, 0) is 4.79 Å². The molecule has 0 aliphatic heterocycles. The number of carboxylic acids is 1. The van der Waals surface area contributed by atoms with Crippen molar-refractivity contribution >= 4 is 12.0 Å². The van der Waals surface area contributed by atoms with E-state index < -0.39 is 17.4 Å². The van der Waals surface area contributed by atoms with Gasteiger partial charge < -0.3 is 15.3 Å². The summed E-state index contributed by atoms with van der Waals surface area (Å²) >= 11 is 0. The predicted molar refractivity (Wildman–Crippen MR) is 80.7 cm³/mol. The molecular weight excluding hydrogens is 256 g/mol. The number of carboxylic acid groups (broad SMARTS) is 1. The van der Waals surface area contributed by atoms with Gasteiger partial charge in [-0.15, -0.1) is 0 Å². The second-order valence-corrected chi connectivity index (χ2v) is 6.31. The van der Waals surface area contributed by atoms with Crippen molar-refractivity contribution in [2.75, 3.05) is 13.1 Å². The zero-order chi connectivity index (χ0) is 15.9. The van der Waals surface area contributed by atoms with Crippen molar-refractivity contribution < 1.29 is 14.7 Å². The molecule has 118 valence electrons. The van der Waals surface area contributed by atoms with Crippen LogP contribution in [0.3, 0.4) is 0 Å². The normalized spacial score (nSPS) is 13.2. The van der Waals surface area contributed by atoms with Gasteiger partial charge in [0, 0.05) is 13.1 Å². The molecule has 2 amide bonds. The molecule has 0 bridgehead atoms. The van der Waals surface area contributed by atoms with Crippen molar-refractivity contribution in [3.63, 3.8) is 0 Å². The summed E-state index contributed by atoms with van der Waals surface area (Å²) in [5.74, 6) is -0.539. The highest BCUT2D eigenvalue weighted by Gasteiger charge is 2.33. The number of carbonyl (C=O) groups excluding carboxylic acids is 1. The molecule has 1 atom stereocenters. The van der Waals surface area contributed by atoms with E-state index in [1.54, 1.807) is 4.90 Å². The van der Waals surface area contributed by atoms with Crippen molar-refractivity contribution in [3.05, 3.63) is 0 Å². The van der Waals surface area contributed by atoms with E-state index in [1.165, 1.54) is 0 Å². The van der Waals surface area contributed by atoms with Crippen LogP contribution in [0.4, 0.5) is 4.79 Å². The quantitative estimate of drug-likeness (QED) is 0.756. The summed E-state index contributed by atoms with van der Waals surface area (Å²) in [6.07, 6.45) is 2.03. The molecule has 0 spiro atoms. The molecule has 5 nitrogen and oxygen atoms in total. The number of nitrogens with zero attached hydrogens (tertiary/aromatic N) is 1. The van der Waals surface area contributed by atoms with Crippen molar-refractivity contribution in [3.8, 4) is 0 Å². The molecule has 5 heteroatoms. The molecule has 0 saturated heterocycles. The SMILES string of the molecule is CCC(CC)CN(CC)C(=O)NC(C(=O)O)C(C)(C)C. The number of urea groups is 1. The number of aliphatic carboxylic acids is 1. The Morgan fingerprint density at radius 1 is 1.15 bits per heavy atom. The molecule has 1 unspecified atom stereocenters. The third-order valence-electron chi connectivity index (χ3n) is 3.68. The summed E-state index contributed by atoms with van der Waals surface area (Å²) in [6, 6.07) is -1.17. The largest absolute Gasteiger partial charge is 0.480 e. The zero-order valence-corrected chi connectivity index (χ0v) is 13.7. The van der Waals surface area contributed by atoms with Crippen LogP contribution in [0.15, 0.2) is 0 Å². The first kappa shape index (κ1) is 18.7. The van der Waals surface area contributed by atoms with E-state index in [1.807, 2.05) is 27.7 Å². The van der Waals surface area contributed by atoms with Gasteiger partial charge in [-0.1, -0.05) is 47.5 Å². The molecule has 0 rings (SSSR count). The minimum absolute atomic E-state index is 0.290. The van der Waals surface area contributed by atoms with E-state index in [0.717, 1.165) is 12.8 Å². The topological polar surface area (TPSA) is 69.6 Å². The summed E-state index contributed by atoms with van der Waals surface area (Å²) in [4.78, 5) is 25.2. The average molecular weight is 286 g/mol. The molecule has 0 aliphatic carbocycles. The van der Waals surface area contributed by atoms with Gasteiger partial charge in [-0.2, -0.15) is 0 Å². The summed E-state index contributed by atoms with van der Waals surface area (Å²) < 4.78 is 0. The average Bonchev–Trinajstić information content (AvgIpc) is 2.35. The molecule has 0 saturated carbocycles. The van der Waals surface area contributed by atoms with E-state index in [4.69, 9.17) is 0 Å². The third-order valence-corrected chi connectivity index (χ3v) is 3.68. The highest BCUT2D eigenvalue weighted by molar-refractivity contribution is 5.83. The van der Waals surface area contributed by atoms with E-state index in [9.17, 15) is 14.7 Å². The van der Waals surface area contributed by atoms with Gasteiger partial charge in [-0.25, -0.2) is 9.59 Å². The maximum atomic E-state index is 12.3. The van der Waals surface area contributed by atoms with Gasteiger partial charge in [0.05, 0.1) is 0 Å². The van der Waals surface area contributed by atoms with Gasteiger partial charge in [0.1, 0.15) is 6.04 Å². The maximum absolute atomic E-state index is 12.3. The second-order valence-electron chi connectivity index (χ2n) is 6.31. The first-order chi connectivity index (χ1) is 9.17. The first-order valence-corrected chi connectivity index (χ1v) is 7.45. The van der Waals surface area contributed by atoms with Crippen LogP contribution in [0.5, 0.6) is 0 Å². The Hall–Kier alpha value is -1.26. The van der Waals surface area contributed by atoms with Gasteiger partial charge >= 0.3 is 12.0 Å². The maximum Gasteiger partial charge on any atom is 0.326 e. The summed E-state index contributed by atoms with van der Waals surface area (Å²) in [6.45, 7) is 12.8. The van der Waals surface area contributed by atoms with Gasteiger partial charge in [0.25, 0.3) is 0 Å². The molecule has 0 aliphatic rings. The van der Waals surface area contributed by atoms with Gasteiger partial charge in [0.2, 0.25) is 0 Å². The summed E-state index contributed by atoms with van der Waals surface area (Å²) in [5, 5.41) is 11.9. The Kier molecular flexibility index (Phi) is 7.61. The molecule has 0 aromatic heterocycles. The highest BCUT2D eigenvalue weighted by atomic mass is 16.4. The monoisotopic (exact) mass is 286 g/mol. The molecular formula is C15H30N2O3. The number of rotatable bonds is 7. The fourth-order valence-corrected chi connectivity index (χ4v) is 2.08. The van der Waals surface area contributed by atoms with Gasteiger partial charge in [-0.05, 0) is 18.3 Å². The summed E-state index contributed by atoms with van der Waals surface area (Å²) in [7, 11) is 0. The smallest absolute Gasteiger partial charge is 0.326 e. The van der Waals surface area contributed by atoms with Crippen molar-refractivity contribution in [2.45, 2.75) is 60.4 Å². The lowest BCUT2D eigenvalue weighted by Crippen LogP contribution is -2.53. The van der Waals surface area contributed by atoms with Gasteiger partial charge in [0.15, 0.2) is 0 Å². The van der Waals surface area contributed by atoms with Crippen LogP contribution in [-0.4, -0.2) is 41.1 Å². The minimum atomic E-state index is -0.996. The molecule has 0 radical (unpaired) electrons. The van der Waals surface area contributed by atoms with Crippen LogP contribution < -0.4 is 5.32 Å². The fourth-order valence-electron chi connectivity index (χ4n) is 2.08. The van der Waals surface area contributed by atoms with Crippen LogP contribution >= 0.6 is 0 Å². The predicted octanol–water partition coefficient (Wildman–Crippen LogP) is 2.95. The highest BCUT2D eigenvalue weighted by Crippen LogP contribution is 2.20. The number of carbonyl (C=O) groups is 2. The number of nitrogens with one attached hydrogen (secondary N) is 1. The third kappa shape index (κ3) is 5.80. The second kappa shape index (κ2) is 8.12. The van der Waals surface area contributed by atoms with E-state index in [2.05, 4.69) is 19.2 Å². The Labute approximate surface area is 122 Å². The van der Waals surface area contributed by atoms with Gasteiger partial charge in [-0.3, -0.25) is 0 Å². The Morgan fingerprint density at radius 3 is 1.95 bits per heavy atom. The van der Waals surface area contributed by atoms with Crippen LogP contribution in [0.25, 0.3) is 0 Å². The van der Waals surface area contributed by atoms with E-state index >= 15 is 0 Å². The molecule has 0 aromatic carbocycles. The lowest BCUT2D eigenvalue weighted by atomic mass is 9.87. The minimum Gasteiger partial charge on any atom is -0.480 e. The number of hydrogen-bond donors (Lipinski definition) is 2. The van der Waals surface area contributed by atoms with Crippen molar-refractivity contribution in [2.24, 2.45) is 11.3 Å². The van der Waals surface area contributed by atoms with Crippen LogP contribution in [0, 0.1) is 11.3 Å². The van der Waals surface area contributed by atoms with Crippen LogP contribution in [0.2, 0.25) is 0 Å². The van der Waals surface area contributed by atoms with Crippen LogP contribution in [0.1, 0.15) is 54.4 Å². The Morgan fingerprint density at radius 2 is 1.65 bits per heavy atom. The molecule has 20 heavy (non-hydrogen) atoms. The number of amides is 2. The lowest BCUT2D eigenvalue weighted by molar-refractivity contribution is -0.142. The molecule has 0 fully saturated rings. The van der Waals surface area contributed by atoms with Crippen molar-refractivity contribution in [1.29, 1.82) is 0 Å². The molecule has 2 N–H and O–H groups in total. The first-order valence-electron chi connectivity index (χ1n) is 7.45. The number of hydrogen-bond acceptors (Lipinski definition) is 2. The fraction of sp³-hybridized carbons (Fsp3) is 0.867. The van der Waals surface area contributed by atoms with E-state index in [-0.39, 0.29) is 6.03 Å². The lowest BCUT2D eigenvalue weighted by Gasteiger charge is -2.32. The van der Waals surface area contributed by atoms with Crippen molar-refractivity contribution in [1.82, 2.24) is 10.2 Å².